The van der Waals surface area contributed by atoms with E-state index in [4.69, 9.17) is 4.74 Å². The smallest absolute Gasteiger partial charge is 0.258 e. The molecule has 0 saturated heterocycles. The van der Waals surface area contributed by atoms with Gasteiger partial charge in [-0.05, 0) is 19.1 Å². The van der Waals surface area contributed by atoms with Crippen molar-refractivity contribution in [2.24, 2.45) is 16.1 Å². The molecule has 0 radical (unpaired) electrons. The number of benzene rings is 1. The minimum atomic E-state index is -0.995. The lowest BCUT2D eigenvalue weighted by Gasteiger charge is -2.07. The van der Waals surface area contributed by atoms with Crippen LogP contribution in [0.1, 0.15) is 12.5 Å². The van der Waals surface area contributed by atoms with E-state index in [0.29, 0.717) is 17.9 Å². The van der Waals surface area contributed by atoms with Crippen LogP contribution in [0.25, 0.3) is 0 Å². The summed E-state index contributed by atoms with van der Waals surface area (Å²) in [4.78, 5) is 22.9. The van der Waals surface area contributed by atoms with E-state index < -0.39 is 17.7 Å². The first-order valence-electron chi connectivity index (χ1n) is 6.24. The fourth-order valence-corrected chi connectivity index (χ4v) is 1.65. The quantitative estimate of drug-likeness (QED) is 0.401. The molecule has 0 aromatic heterocycles. The molecule has 8 nitrogen and oxygen atoms in total. The van der Waals surface area contributed by atoms with E-state index >= 15 is 0 Å². The highest BCUT2D eigenvalue weighted by molar-refractivity contribution is 6.15. The number of phenols is 1. The van der Waals surface area contributed by atoms with Crippen molar-refractivity contribution in [2.45, 2.75) is 6.92 Å². The van der Waals surface area contributed by atoms with E-state index in [0.717, 1.165) is 0 Å². The van der Waals surface area contributed by atoms with Crippen LogP contribution >= 0.6 is 0 Å². The molecule has 1 aromatic rings. The lowest BCUT2D eigenvalue weighted by atomic mass is 10.1. The maximum absolute atomic E-state index is 11.6. The molecule has 2 amide bonds. The number of phenolic OH excluding ortho intramolecular Hbond substituents is 1. The summed E-state index contributed by atoms with van der Waals surface area (Å²) < 4.78 is 5.23. The number of hydrogen-bond acceptors (Lipinski definition) is 6. The number of rotatable bonds is 5. The molecule has 0 bridgehead atoms. The number of amides is 2. The molecule has 8 heteroatoms. The van der Waals surface area contributed by atoms with Crippen molar-refractivity contribution in [1.82, 2.24) is 10.9 Å². The SMILES string of the molecule is CCOc1cccc(/C=N\NC(=O)[C@H]2C=NNC2=O)c1O. The van der Waals surface area contributed by atoms with Gasteiger partial charge in [0.25, 0.3) is 11.8 Å². The summed E-state index contributed by atoms with van der Waals surface area (Å²) in [7, 11) is 0. The Morgan fingerprint density at radius 1 is 1.62 bits per heavy atom. The summed E-state index contributed by atoms with van der Waals surface area (Å²) in [6.45, 7) is 2.22. The van der Waals surface area contributed by atoms with Gasteiger partial charge >= 0.3 is 0 Å². The van der Waals surface area contributed by atoms with Gasteiger partial charge in [0.05, 0.1) is 12.8 Å². The zero-order valence-electron chi connectivity index (χ0n) is 11.2. The number of nitrogens with zero attached hydrogens (tertiary/aromatic N) is 2. The van der Waals surface area contributed by atoms with E-state index in [1.165, 1.54) is 12.4 Å². The Labute approximate surface area is 120 Å². The molecule has 0 aliphatic carbocycles. The second kappa shape index (κ2) is 6.51. The molecule has 21 heavy (non-hydrogen) atoms. The fourth-order valence-electron chi connectivity index (χ4n) is 1.65. The summed E-state index contributed by atoms with van der Waals surface area (Å²) in [6, 6.07) is 4.91. The summed E-state index contributed by atoms with van der Waals surface area (Å²) in [5, 5.41) is 17.1. The maximum atomic E-state index is 11.6. The normalized spacial score (nSPS) is 17.0. The molecule has 2 rings (SSSR count). The fraction of sp³-hybridized carbons (Fsp3) is 0.231. The van der Waals surface area contributed by atoms with Crippen molar-refractivity contribution in [3.8, 4) is 11.5 Å². The molecule has 0 fully saturated rings. The molecular weight excluding hydrogens is 276 g/mol. The Bertz CT molecular complexity index is 612. The van der Waals surface area contributed by atoms with Crippen LogP contribution in [0.5, 0.6) is 11.5 Å². The largest absolute Gasteiger partial charge is 0.504 e. The monoisotopic (exact) mass is 290 g/mol. The average Bonchev–Trinajstić information content (AvgIpc) is 2.89. The molecule has 0 spiro atoms. The van der Waals surface area contributed by atoms with Gasteiger partial charge < -0.3 is 9.84 Å². The second-order valence-electron chi connectivity index (χ2n) is 4.09. The number of aromatic hydroxyl groups is 1. The zero-order chi connectivity index (χ0) is 15.2. The number of hydrazone groups is 2. The summed E-state index contributed by atoms with van der Waals surface area (Å²) in [5.74, 6) is -1.85. The van der Waals surface area contributed by atoms with Crippen molar-refractivity contribution < 1.29 is 19.4 Å². The van der Waals surface area contributed by atoms with Crippen molar-refractivity contribution >= 4 is 24.2 Å². The van der Waals surface area contributed by atoms with Gasteiger partial charge in [0, 0.05) is 11.8 Å². The van der Waals surface area contributed by atoms with Gasteiger partial charge in [-0.15, -0.1) is 0 Å². The van der Waals surface area contributed by atoms with E-state index in [9.17, 15) is 14.7 Å². The van der Waals surface area contributed by atoms with Crippen molar-refractivity contribution in [2.75, 3.05) is 6.61 Å². The first-order valence-corrected chi connectivity index (χ1v) is 6.24. The number of ether oxygens (including phenoxy) is 1. The van der Waals surface area contributed by atoms with Gasteiger partial charge in [0.2, 0.25) is 0 Å². The third kappa shape index (κ3) is 3.35. The third-order valence-electron chi connectivity index (χ3n) is 2.67. The minimum absolute atomic E-state index is 0.0717. The van der Waals surface area contributed by atoms with Crippen molar-refractivity contribution in [3.63, 3.8) is 0 Å². The predicted octanol–water partition coefficient (Wildman–Crippen LogP) is -0.0272. The highest BCUT2D eigenvalue weighted by Crippen LogP contribution is 2.28. The number of para-hydroxylation sites is 1. The molecule has 1 atom stereocenters. The lowest BCUT2D eigenvalue weighted by molar-refractivity contribution is -0.131. The molecule has 0 unspecified atom stereocenters. The van der Waals surface area contributed by atoms with E-state index in [1.54, 1.807) is 25.1 Å². The molecule has 110 valence electrons. The molecule has 1 aromatic carbocycles. The van der Waals surface area contributed by atoms with Crippen LogP contribution in [0.4, 0.5) is 0 Å². The van der Waals surface area contributed by atoms with Crippen LogP contribution < -0.4 is 15.6 Å². The molecule has 3 N–H and O–H groups in total. The summed E-state index contributed by atoms with van der Waals surface area (Å²) >= 11 is 0. The highest BCUT2D eigenvalue weighted by Gasteiger charge is 2.28. The van der Waals surface area contributed by atoms with Crippen LogP contribution in [-0.4, -0.2) is 36.0 Å². The van der Waals surface area contributed by atoms with Gasteiger partial charge in [0.1, 0.15) is 0 Å². The second-order valence-corrected chi connectivity index (χ2v) is 4.09. The number of carbonyl (C=O) groups excluding carboxylic acids is 2. The van der Waals surface area contributed by atoms with Crippen LogP contribution in [0, 0.1) is 5.92 Å². The van der Waals surface area contributed by atoms with E-state index in [1.807, 2.05) is 0 Å². The zero-order valence-corrected chi connectivity index (χ0v) is 11.2. The Kier molecular flexibility index (Phi) is 4.50. The van der Waals surface area contributed by atoms with Gasteiger partial charge in [-0.25, -0.2) is 10.9 Å². The van der Waals surface area contributed by atoms with Crippen LogP contribution in [0.3, 0.4) is 0 Å². The highest BCUT2D eigenvalue weighted by atomic mass is 16.5. The average molecular weight is 290 g/mol. The third-order valence-corrected chi connectivity index (χ3v) is 2.67. The van der Waals surface area contributed by atoms with Gasteiger partial charge in [-0.3, -0.25) is 9.59 Å². The summed E-state index contributed by atoms with van der Waals surface area (Å²) in [5.41, 5.74) is 4.74. The van der Waals surface area contributed by atoms with Gasteiger partial charge in [-0.1, -0.05) is 6.07 Å². The Morgan fingerprint density at radius 3 is 3.10 bits per heavy atom. The van der Waals surface area contributed by atoms with Gasteiger partial charge in [0.15, 0.2) is 17.4 Å². The van der Waals surface area contributed by atoms with Crippen LogP contribution in [-0.2, 0) is 9.59 Å². The Balaban J connectivity index is 2.01. The predicted molar refractivity (Wildman–Crippen MR) is 75.1 cm³/mol. The molecular formula is C13H14N4O4. The number of nitrogens with one attached hydrogen (secondary N) is 2. The standard InChI is InChI=1S/C13H14N4O4/c1-2-21-10-5-3-4-8(11(10)18)6-14-16-12(19)9-7-15-17-13(9)20/h3-7,9,18H,2H2,1H3,(H,16,19)(H,17,20)/b14-6-/t9-/m1/s1. The molecule has 1 aliphatic rings. The van der Waals surface area contributed by atoms with E-state index in [-0.39, 0.29) is 5.75 Å². The van der Waals surface area contributed by atoms with Gasteiger partial charge in [-0.2, -0.15) is 10.2 Å². The maximum Gasteiger partial charge on any atom is 0.258 e. The van der Waals surface area contributed by atoms with E-state index in [2.05, 4.69) is 21.1 Å². The minimum Gasteiger partial charge on any atom is -0.504 e. The van der Waals surface area contributed by atoms with Crippen LogP contribution in [0.15, 0.2) is 28.4 Å². The Hall–Kier alpha value is -2.90. The first-order chi connectivity index (χ1) is 10.1. The summed E-state index contributed by atoms with van der Waals surface area (Å²) in [6.07, 6.45) is 2.46. The number of hydrogen-bond donors (Lipinski definition) is 3. The topological polar surface area (TPSA) is 112 Å². The first kappa shape index (κ1) is 14.5. The molecule has 0 saturated carbocycles. The molecule has 1 heterocycles. The molecule has 1 aliphatic heterocycles. The number of carbonyl (C=O) groups is 2. The van der Waals surface area contributed by atoms with Crippen molar-refractivity contribution in [1.29, 1.82) is 0 Å². The van der Waals surface area contributed by atoms with Crippen LogP contribution in [0.2, 0.25) is 0 Å². The lowest BCUT2D eigenvalue weighted by Crippen LogP contribution is -2.34. The Morgan fingerprint density at radius 2 is 2.43 bits per heavy atom. The van der Waals surface area contributed by atoms with Crippen molar-refractivity contribution in [3.05, 3.63) is 23.8 Å².